The van der Waals surface area contributed by atoms with Gasteiger partial charge in [-0.05, 0) is 48.9 Å². The molecule has 0 bridgehead atoms. The molecule has 1 aromatic heterocycles. The number of β-amino-alcohol motifs (C(OH)–C–C–N with tert-alkyl or cyclic N) is 1. The molecule has 1 atom stereocenters. The number of carbonyl (C=O) groups is 1. The maximum absolute atomic E-state index is 13.2. The molecular weight excluding hydrogens is 483 g/mol. The average molecular weight is 506 g/mol. The molecule has 2 aromatic carbocycles. The monoisotopic (exact) mass is 505 g/mol. The molecule has 0 radical (unpaired) electrons. The number of nitrogens with one attached hydrogen (secondary N) is 1. The average Bonchev–Trinajstić information content (AvgIpc) is 2.85. The third kappa shape index (κ3) is 5.78. The van der Waals surface area contributed by atoms with Gasteiger partial charge in [0.1, 0.15) is 0 Å². The van der Waals surface area contributed by atoms with Crippen LogP contribution < -0.4 is 5.32 Å². The van der Waals surface area contributed by atoms with Crippen LogP contribution in [0, 0.1) is 22.7 Å². The fourth-order valence-corrected chi connectivity index (χ4v) is 4.17. The van der Waals surface area contributed by atoms with Gasteiger partial charge in [-0.3, -0.25) is 14.7 Å². The van der Waals surface area contributed by atoms with Crippen molar-refractivity contribution in [3.05, 3.63) is 83.0 Å². The number of halogens is 3. The number of nitrogens with zero attached hydrogens (tertiary/aromatic N) is 4. The van der Waals surface area contributed by atoms with Crippen LogP contribution in [0.15, 0.2) is 60.8 Å². The van der Waals surface area contributed by atoms with Crippen LogP contribution in [0.25, 0.3) is 11.3 Å². The molecule has 0 aliphatic carbocycles. The lowest BCUT2D eigenvalue weighted by atomic mass is 9.90. The van der Waals surface area contributed by atoms with E-state index in [1.807, 2.05) is 29.2 Å². The summed E-state index contributed by atoms with van der Waals surface area (Å²) < 4.78 is 39.6. The van der Waals surface area contributed by atoms with E-state index in [0.717, 1.165) is 22.9 Å². The first-order valence-corrected chi connectivity index (χ1v) is 11.3. The fourth-order valence-electron chi connectivity index (χ4n) is 4.17. The minimum Gasteiger partial charge on any atom is -0.379 e. The molecule has 1 unspecified atom stereocenters. The predicted octanol–water partition coefficient (Wildman–Crippen LogP) is 4.30. The van der Waals surface area contributed by atoms with Crippen LogP contribution >= 0.6 is 0 Å². The number of anilines is 1. The minimum absolute atomic E-state index is 0.00546. The molecule has 2 heterocycles. The molecule has 1 aliphatic rings. The van der Waals surface area contributed by atoms with Gasteiger partial charge in [0, 0.05) is 43.0 Å². The lowest BCUT2D eigenvalue weighted by Gasteiger charge is -2.42. The zero-order chi connectivity index (χ0) is 26.8. The molecule has 7 nitrogen and oxygen atoms in total. The van der Waals surface area contributed by atoms with Crippen LogP contribution in [-0.2, 0) is 11.0 Å². The number of aliphatic hydroxyl groups is 1. The van der Waals surface area contributed by atoms with Gasteiger partial charge in [-0.1, -0.05) is 18.2 Å². The number of likely N-dealkylation sites (tertiary alicyclic amines) is 1. The highest BCUT2D eigenvalue weighted by atomic mass is 19.4. The Labute approximate surface area is 211 Å². The van der Waals surface area contributed by atoms with Gasteiger partial charge in [0.25, 0.3) is 5.91 Å². The van der Waals surface area contributed by atoms with Crippen molar-refractivity contribution in [2.45, 2.75) is 24.6 Å². The number of carbonyl (C=O) groups excluding carboxylic acids is 1. The van der Waals surface area contributed by atoms with Gasteiger partial charge in [0.15, 0.2) is 5.60 Å². The molecule has 0 saturated carbocycles. The molecule has 1 amide bonds. The standard InChI is InChI=1S/C27H22F3N5O2/c1-26(37,25(36)34-22-8-6-19(12-32)23(10-22)27(28,29)30)16-35-14-21(15-35)20-7-9-24(33-13-20)18-4-2-17(11-31)3-5-18/h2-10,13,21,37H,14-16H2,1H3,(H,34,36). The molecule has 188 valence electrons. The van der Waals surface area contributed by atoms with Gasteiger partial charge < -0.3 is 10.4 Å². The molecule has 4 rings (SSSR count). The lowest BCUT2D eigenvalue weighted by molar-refractivity contribution is -0.138. The number of hydrogen-bond donors (Lipinski definition) is 2. The second-order valence-corrected chi connectivity index (χ2v) is 9.15. The highest BCUT2D eigenvalue weighted by Gasteiger charge is 2.39. The first-order valence-electron chi connectivity index (χ1n) is 11.3. The van der Waals surface area contributed by atoms with Crippen LogP contribution in [-0.4, -0.2) is 46.1 Å². The van der Waals surface area contributed by atoms with E-state index in [9.17, 15) is 23.1 Å². The van der Waals surface area contributed by atoms with Gasteiger partial charge in [-0.2, -0.15) is 23.7 Å². The SMILES string of the molecule is CC(O)(CN1CC(c2ccc(-c3ccc(C#N)cc3)nc2)C1)C(=O)Nc1ccc(C#N)c(C(F)(F)F)c1. The van der Waals surface area contributed by atoms with E-state index in [4.69, 9.17) is 10.5 Å². The van der Waals surface area contributed by atoms with Crippen LogP contribution in [0.1, 0.15) is 35.1 Å². The number of pyridine rings is 1. The number of amides is 1. The number of alkyl halides is 3. The first-order chi connectivity index (χ1) is 17.5. The van der Waals surface area contributed by atoms with Crippen LogP contribution in [0.5, 0.6) is 0 Å². The fraction of sp³-hybridized carbons (Fsp3) is 0.259. The smallest absolute Gasteiger partial charge is 0.379 e. The Kier molecular flexibility index (Phi) is 6.99. The van der Waals surface area contributed by atoms with Gasteiger partial charge in [0.2, 0.25) is 0 Å². The number of hydrogen-bond acceptors (Lipinski definition) is 6. The van der Waals surface area contributed by atoms with Crippen LogP contribution in [0.2, 0.25) is 0 Å². The lowest BCUT2D eigenvalue weighted by Crippen LogP contribution is -2.55. The zero-order valence-corrected chi connectivity index (χ0v) is 19.8. The Bertz CT molecular complexity index is 1380. The van der Waals surface area contributed by atoms with Crippen LogP contribution in [0.3, 0.4) is 0 Å². The van der Waals surface area contributed by atoms with E-state index in [1.54, 1.807) is 18.3 Å². The minimum atomic E-state index is -4.75. The maximum Gasteiger partial charge on any atom is 0.417 e. The first kappa shape index (κ1) is 25.8. The molecule has 1 aliphatic heterocycles. The Hall–Kier alpha value is -4.25. The Morgan fingerprint density at radius 3 is 2.38 bits per heavy atom. The molecule has 3 aromatic rings. The number of aromatic nitrogens is 1. The summed E-state index contributed by atoms with van der Waals surface area (Å²) in [7, 11) is 0. The van der Waals surface area contributed by atoms with Gasteiger partial charge in [-0.15, -0.1) is 0 Å². The van der Waals surface area contributed by atoms with E-state index in [0.29, 0.717) is 24.7 Å². The predicted molar refractivity (Wildman–Crippen MR) is 129 cm³/mol. The normalized spacial score (nSPS) is 15.6. The van der Waals surface area contributed by atoms with Crippen molar-refractivity contribution in [1.29, 1.82) is 10.5 Å². The molecule has 2 N–H and O–H groups in total. The topological polar surface area (TPSA) is 113 Å². The molecule has 1 saturated heterocycles. The maximum atomic E-state index is 13.2. The zero-order valence-electron chi connectivity index (χ0n) is 19.8. The summed E-state index contributed by atoms with van der Waals surface area (Å²) in [5, 5.41) is 30.8. The van der Waals surface area contributed by atoms with Crippen molar-refractivity contribution in [1.82, 2.24) is 9.88 Å². The van der Waals surface area contributed by atoms with Crippen molar-refractivity contribution in [2.24, 2.45) is 0 Å². The summed E-state index contributed by atoms with van der Waals surface area (Å²) in [5.74, 6) is -0.684. The highest BCUT2D eigenvalue weighted by Crippen LogP contribution is 2.34. The second-order valence-electron chi connectivity index (χ2n) is 9.15. The van der Waals surface area contributed by atoms with E-state index >= 15 is 0 Å². The number of nitriles is 2. The number of benzene rings is 2. The van der Waals surface area contributed by atoms with E-state index in [-0.39, 0.29) is 18.2 Å². The molecule has 10 heteroatoms. The highest BCUT2D eigenvalue weighted by molar-refractivity contribution is 5.97. The third-order valence-corrected chi connectivity index (χ3v) is 6.25. The van der Waals surface area contributed by atoms with Crippen molar-refractivity contribution < 1.29 is 23.1 Å². The molecule has 0 spiro atoms. The largest absolute Gasteiger partial charge is 0.417 e. The summed E-state index contributed by atoms with van der Waals surface area (Å²) in [6.07, 6.45) is -2.97. The summed E-state index contributed by atoms with van der Waals surface area (Å²) in [5.41, 5.74) is -0.466. The summed E-state index contributed by atoms with van der Waals surface area (Å²) >= 11 is 0. The van der Waals surface area contributed by atoms with E-state index < -0.39 is 28.8 Å². The van der Waals surface area contributed by atoms with E-state index in [2.05, 4.69) is 16.4 Å². The van der Waals surface area contributed by atoms with Crippen molar-refractivity contribution >= 4 is 11.6 Å². The third-order valence-electron chi connectivity index (χ3n) is 6.25. The van der Waals surface area contributed by atoms with E-state index in [1.165, 1.54) is 19.1 Å². The van der Waals surface area contributed by atoms with Crippen molar-refractivity contribution in [3.63, 3.8) is 0 Å². The van der Waals surface area contributed by atoms with Gasteiger partial charge >= 0.3 is 6.18 Å². The quantitative estimate of drug-likeness (QED) is 0.517. The Morgan fingerprint density at radius 1 is 1.11 bits per heavy atom. The molecule has 1 fully saturated rings. The number of rotatable bonds is 6. The summed E-state index contributed by atoms with van der Waals surface area (Å²) in [4.78, 5) is 19.0. The van der Waals surface area contributed by atoms with Crippen molar-refractivity contribution in [2.75, 3.05) is 25.0 Å². The van der Waals surface area contributed by atoms with Crippen molar-refractivity contribution in [3.8, 4) is 23.4 Å². The molecular formula is C27H22F3N5O2. The Balaban J connectivity index is 1.34. The van der Waals surface area contributed by atoms with Gasteiger partial charge in [-0.25, -0.2) is 0 Å². The Morgan fingerprint density at radius 2 is 1.81 bits per heavy atom. The van der Waals surface area contributed by atoms with Crippen LogP contribution in [0.4, 0.5) is 18.9 Å². The molecule has 37 heavy (non-hydrogen) atoms. The summed E-state index contributed by atoms with van der Waals surface area (Å²) in [6.45, 7) is 2.46. The van der Waals surface area contributed by atoms with Gasteiger partial charge in [0.05, 0.1) is 34.5 Å². The summed E-state index contributed by atoms with van der Waals surface area (Å²) in [6, 6.07) is 17.4. The second kappa shape index (κ2) is 10.0.